The van der Waals surface area contributed by atoms with Gasteiger partial charge >= 0.3 is 0 Å². The van der Waals surface area contributed by atoms with Crippen LogP contribution in [0.1, 0.15) is 71.2 Å². The number of nitrogens with one attached hydrogen (secondary N) is 5. The number of piperazine rings is 1. The maximum Gasteiger partial charge on any atom is 0.268 e. The van der Waals surface area contributed by atoms with Gasteiger partial charge in [-0.15, -0.1) is 0 Å². The molecule has 19 heteroatoms. The van der Waals surface area contributed by atoms with Crippen molar-refractivity contribution in [1.82, 2.24) is 30.6 Å². The van der Waals surface area contributed by atoms with Crippen LogP contribution in [0, 0.1) is 35.0 Å². The SMILES string of the molecule is C[C@H]1CN(CCC2CCN(NC(=O)c3ccc(Nc4ncc(F)c(Nc5ccc(NC(=O)c6ccccc6F)cc5)n4)cc3F)CC2)CCN1c1cc(F)c(C2CCC(=O)NC2=O)cc1F. The zero-order chi connectivity index (χ0) is 46.5. The molecule has 14 nitrogen and oxygen atoms in total. The van der Waals surface area contributed by atoms with Gasteiger partial charge in [0.25, 0.3) is 11.8 Å². The van der Waals surface area contributed by atoms with E-state index in [1.165, 1.54) is 30.3 Å². The molecule has 66 heavy (non-hydrogen) atoms. The number of piperidine rings is 2. The highest BCUT2D eigenvalue weighted by atomic mass is 19.1. The molecule has 1 aromatic heterocycles. The lowest BCUT2D eigenvalue weighted by molar-refractivity contribution is -0.134. The third-order valence-electron chi connectivity index (χ3n) is 12.2. The molecule has 344 valence electrons. The Morgan fingerprint density at radius 1 is 0.742 bits per heavy atom. The predicted molar refractivity (Wildman–Crippen MR) is 237 cm³/mol. The van der Waals surface area contributed by atoms with Crippen LogP contribution in [0.4, 0.5) is 56.5 Å². The van der Waals surface area contributed by atoms with Crippen molar-refractivity contribution in [3.05, 3.63) is 131 Å². The summed E-state index contributed by atoms with van der Waals surface area (Å²) in [5, 5.41) is 12.2. The Morgan fingerprint density at radius 3 is 2.20 bits per heavy atom. The average molecular weight is 911 g/mol. The van der Waals surface area contributed by atoms with Gasteiger partial charge in [-0.1, -0.05) is 12.1 Å². The van der Waals surface area contributed by atoms with Gasteiger partial charge in [0, 0.05) is 73.9 Å². The van der Waals surface area contributed by atoms with Gasteiger partial charge in [-0.2, -0.15) is 4.98 Å². The number of amides is 4. The molecule has 8 rings (SSSR count). The second kappa shape index (κ2) is 20.0. The van der Waals surface area contributed by atoms with Crippen molar-refractivity contribution in [2.24, 2.45) is 5.92 Å². The Hall–Kier alpha value is -6.99. The van der Waals surface area contributed by atoms with Crippen molar-refractivity contribution in [3.63, 3.8) is 0 Å². The van der Waals surface area contributed by atoms with E-state index in [9.17, 15) is 28.0 Å². The molecule has 4 aromatic carbocycles. The van der Waals surface area contributed by atoms with Gasteiger partial charge in [-0.3, -0.25) is 34.8 Å². The standard InChI is InChI=1S/C47H47F5N10O4/c1-27-26-60(20-21-62(27)41-24-38(50)35(23-39(41)51)32-12-13-42(63)57-44(32)64)17-14-28-15-18-61(19-16-28)59-46(66)34-11-10-31(22-37(34)49)56-47-53-25-40(52)43(58-47)54-29-6-8-30(9-7-29)55-45(65)33-4-2-3-5-36(33)48/h2-11,22-25,27-28,32H,12-21,26H2,1H3,(H,55,65)(H,59,66)(H,57,63,64)(H2,53,54,56,58)/t27-,32?/m0/s1. The molecule has 0 bridgehead atoms. The summed E-state index contributed by atoms with van der Waals surface area (Å²) in [5.41, 5.74) is 3.65. The van der Waals surface area contributed by atoms with Gasteiger partial charge in [-0.05, 0) is 106 Å². The molecule has 3 saturated heterocycles. The second-order valence-corrected chi connectivity index (χ2v) is 16.7. The summed E-state index contributed by atoms with van der Waals surface area (Å²) in [6.07, 6.45) is 3.70. The zero-order valence-electron chi connectivity index (χ0n) is 35.9. The number of rotatable bonds is 13. The monoisotopic (exact) mass is 910 g/mol. The molecule has 3 aliphatic heterocycles. The lowest BCUT2D eigenvalue weighted by Crippen LogP contribution is -2.53. The number of hydrazine groups is 1. The quantitative estimate of drug-likeness (QED) is 0.0592. The Bertz CT molecular complexity index is 2630. The molecule has 3 fully saturated rings. The normalized spacial score (nSPS) is 18.4. The van der Waals surface area contributed by atoms with Gasteiger partial charge in [0.05, 0.1) is 28.9 Å². The van der Waals surface area contributed by atoms with Crippen LogP contribution in [0.5, 0.6) is 0 Å². The molecule has 3 aliphatic rings. The number of hydrogen-bond donors (Lipinski definition) is 5. The molecule has 5 N–H and O–H groups in total. The van der Waals surface area contributed by atoms with Crippen LogP contribution in [0.25, 0.3) is 0 Å². The van der Waals surface area contributed by atoms with Gasteiger partial charge < -0.3 is 20.9 Å². The lowest BCUT2D eigenvalue weighted by Gasteiger charge is -2.42. The van der Waals surface area contributed by atoms with E-state index in [-0.39, 0.29) is 58.7 Å². The smallest absolute Gasteiger partial charge is 0.268 e. The van der Waals surface area contributed by atoms with E-state index in [4.69, 9.17) is 0 Å². The Balaban J connectivity index is 0.770. The van der Waals surface area contributed by atoms with Crippen molar-refractivity contribution in [3.8, 4) is 0 Å². The van der Waals surface area contributed by atoms with Crippen molar-refractivity contribution in [2.45, 2.75) is 51.0 Å². The van der Waals surface area contributed by atoms with Crippen molar-refractivity contribution in [1.29, 1.82) is 0 Å². The van der Waals surface area contributed by atoms with Crippen LogP contribution >= 0.6 is 0 Å². The number of aromatic nitrogens is 2. The molecule has 4 amide bonds. The van der Waals surface area contributed by atoms with Crippen LogP contribution in [0.2, 0.25) is 0 Å². The first kappa shape index (κ1) is 45.6. The number of nitrogens with zero attached hydrogens (tertiary/aromatic N) is 5. The number of imide groups is 1. The van der Waals surface area contributed by atoms with Gasteiger partial charge in [-0.25, -0.2) is 31.9 Å². The van der Waals surface area contributed by atoms with Crippen LogP contribution in [-0.2, 0) is 9.59 Å². The summed E-state index contributed by atoms with van der Waals surface area (Å²) in [5.74, 6) is -6.51. The van der Waals surface area contributed by atoms with E-state index < -0.39 is 58.6 Å². The topological polar surface area (TPSA) is 164 Å². The van der Waals surface area contributed by atoms with Crippen molar-refractivity contribution >= 4 is 58.1 Å². The number of anilines is 6. The summed E-state index contributed by atoms with van der Waals surface area (Å²) in [4.78, 5) is 61.7. The largest absolute Gasteiger partial charge is 0.364 e. The van der Waals surface area contributed by atoms with Gasteiger partial charge in [0.1, 0.15) is 23.3 Å². The van der Waals surface area contributed by atoms with Crippen molar-refractivity contribution in [2.75, 3.05) is 60.1 Å². The average Bonchev–Trinajstić information content (AvgIpc) is 3.29. The maximum atomic E-state index is 15.4. The summed E-state index contributed by atoms with van der Waals surface area (Å²) >= 11 is 0. The van der Waals surface area contributed by atoms with Crippen LogP contribution < -0.4 is 31.6 Å². The summed E-state index contributed by atoms with van der Waals surface area (Å²) in [6.45, 7) is 5.75. The fourth-order valence-corrected chi connectivity index (χ4v) is 8.56. The van der Waals surface area contributed by atoms with E-state index in [1.54, 1.807) is 35.3 Å². The lowest BCUT2D eigenvalue weighted by atomic mass is 9.89. The highest BCUT2D eigenvalue weighted by Gasteiger charge is 2.33. The molecule has 2 atom stereocenters. The molecule has 4 heterocycles. The van der Waals surface area contributed by atoms with Crippen molar-refractivity contribution < 1.29 is 41.1 Å². The van der Waals surface area contributed by atoms with E-state index >= 15 is 13.2 Å². The molecule has 1 unspecified atom stereocenters. The van der Waals surface area contributed by atoms with E-state index in [2.05, 4.69) is 41.6 Å². The Labute approximate surface area is 376 Å². The molecular weight excluding hydrogens is 864 g/mol. The molecule has 0 spiro atoms. The minimum absolute atomic E-state index is 0.0454. The summed E-state index contributed by atoms with van der Waals surface area (Å²) in [6, 6.07) is 17.9. The van der Waals surface area contributed by atoms with E-state index in [0.717, 1.165) is 50.2 Å². The molecular formula is C47H47F5N10O4. The fourth-order valence-electron chi connectivity index (χ4n) is 8.56. The molecule has 5 aromatic rings. The number of benzene rings is 4. The van der Waals surface area contributed by atoms with Gasteiger partial charge in [0.2, 0.25) is 17.8 Å². The van der Waals surface area contributed by atoms with Crippen LogP contribution in [0.3, 0.4) is 0 Å². The third kappa shape index (κ3) is 10.7. The summed E-state index contributed by atoms with van der Waals surface area (Å²) < 4.78 is 74.6. The highest BCUT2D eigenvalue weighted by molar-refractivity contribution is 6.04. The Morgan fingerprint density at radius 2 is 1.47 bits per heavy atom. The highest BCUT2D eigenvalue weighted by Crippen LogP contribution is 2.33. The van der Waals surface area contributed by atoms with Crippen LogP contribution in [-0.4, -0.2) is 88.8 Å². The van der Waals surface area contributed by atoms with Gasteiger partial charge in [0.15, 0.2) is 11.6 Å². The third-order valence-corrected chi connectivity index (χ3v) is 12.2. The first-order valence-corrected chi connectivity index (χ1v) is 21.7. The first-order valence-electron chi connectivity index (χ1n) is 21.7. The number of hydrogen-bond acceptors (Lipinski definition) is 11. The second-order valence-electron chi connectivity index (χ2n) is 16.7. The maximum absolute atomic E-state index is 15.4. The minimum Gasteiger partial charge on any atom is -0.364 e. The fraction of sp³-hybridized carbons (Fsp3) is 0.319. The number of halogens is 5. The number of carbonyl (C=O) groups excluding carboxylic acids is 4. The molecule has 0 radical (unpaired) electrons. The summed E-state index contributed by atoms with van der Waals surface area (Å²) in [7, 11) is 0. The predicted octanol–water partition coefficient (Wildman–Crippen LogP) is 7.39. The minimum atomic E-state index is -0.915. The first-order chi connectivity index (χ1) is 31.8. The van der Waals surface area contributed by atoms with E-state index in [1.807, 2.05) is 11.8 Å². The van der Waals surface area contributed by atoms with Crippen LogP contribution in [0.15, 0.2) is 85.1 Å². The molecule has 0 saturated carbocycles. The van der Waals surface area contributed by atoms with E-state index in [0.29, 0.717) is 50.0 Å². The Kier molecular flexibility index (Phi) is 13.8. The zero-order valence-corrected chi connectivity index (χ0v) is 35.9. The number of carbonyl (C=O) groups is 4. The molecule has 0 aliphatic carbocycles.